The van der Waals surface area contributed by atoms with Crippen molar-refractivity contribution >= 4 is 23.2 Å². The third-order valence-corrected chi connectivity index (χ3v) is 3.36. The Balaban J connectivity index is 2.58. The van der Waals surface area contributed by atoms with E-state index in [4.69, 9.17) is 9.84 Å². The van der Waals surface area contributed by atoms with Crippen molar-refractivity contribution < 1.29 is 19.4 Å². The van der Waals surface area contributed by atoms with Gasteiger partial charge in [0.2, 0.25) is 5.91 Å². The van der Waals surface area contributed by atoms with Gasteiger partial charge in [-0.15, -0.1) is 0 Å². The number of aliphatic carboxylic acids is 1. The standard InChI is InChI=1S/C12H17NO4S/c1-8(9-4-6-18-7-9)11(14)13-10(12(15)16)3-5-17-2/h4,6-8,10H,3,5H2,1-2H3,(H,13,14)(H,15,16). The lowest BCUT2D eigenvalue weighted by atomic mass is 10.0. The molecule has 18 heavy (non-hydrogen) atoms. The zero-order chi connectivity index (χ0) is 13.5. The Morgan fingerprint density at radius 2 is 2.28 bits per heavy atom. The SMILES string of the molecule is COCCC(NC(=O)C(C)c1ccsc1)C(=O)O. The first-order valence-corrected chi connectivity index (χ1v) is 6.54. The summed E-state index contributed by atoms with van der Waals surface area (Å²) in [6.45, 7) is 2.05. The van der Waals surface area contributed by atoms with Crippen molar-refractivity contribution in [2.24, 2.45) is 0 Å². The topological polar surface area (TPSA) is 75.6 Å². The van der Waals surface area contributed by atoms with Gasteiger partial charge in [-0.1, -0.05) is 0 Å². The fourth-order valence-corrected chi connectivity index (χ4v) is 2.22. The molecular weight excluding hydrogens is 254 g/mol. The minimum absolute atomic E-state index is 0.258. The molecule has 2 N–H and O–H groups in total. The summed E-state index contributed by atoms with van der Waals surface area (Å²) in [7, 11) is 1.49. The van der Waals surface area contributed by atoms with Crippen LogP contribution in [0.1, 0.15) is 24.8 Å². The number of methoxy groups -OCH3 is 1. The molecule has 0 fully saturated rings. The molecule has 0 saturated carbocycles. The lowest BCUT2D eigenvalue weighted by Crippen LogP contribution is -2.43. The van der Waals surface area contributed by atoms with Gasteiger partial charge in [0.05, 0.1) is 5.92 Å². The van der Waals surface area contributed by atoms with Crippen LogP contribution in [0.4, 0.5) is 0 Å². The summed E-state index contributed by atoms with van der Waals surface area (Å²) in [4.78, 5) is 22.9. The second kappa shape index (κ2) is 7.13. The molecular formula is C12H17NO4S. The summed E-state index contributed by atoms with van der Waals surface area (Å²) >= 11 is 1.51. The van der Waals surface area contributed by atoms with Crippen LogP contribution >= 0.6 is 11.3 Å². The van der Waals surface area contributed by atoms with E-state index in [1.807, 2.05) is 16.8 Å². The molecule has 0 aliphatic rings. The fraction of sp³-hybridized carbons (Fsp3) is 0.500. The van der Waals surface area contributed by atoms with E-state index in [-0.39, 0.29) is 18.2 Å². The van der Waals surface area contributed by atoms with Gasteiger partial charge in [0.1, 0.15) is 6.04 Å². The summed E-state index contributed by atoms with van der Waals surface area (Å²) in [6.07, 6.45) is 0.258. The van der Waals surface area contributed by atoms with Crippen LogP contribution in [0.2, 0.25) is 0 Å². The normalized spacial score (nSPS) is 13.9. The second-order valence-electron chi connectivity index (χ2n) is 3.96. The molecule has 0 spiro atoms. The molecule has 1 amide bonds. The molecule has 0 radical (unpaired) electrons. The van der Waals surface area contributed by atoms with Crippen molar-refractivity contribution in [3.63, 3.8) is 0 Å². The smallest absolute Gasteiger partial charge is 0.326 e. The molecule has 0 aromatic carbocycles. The molecule has 1 rings (SSSR count). The van der Waals surface area contributed by atoms with E-state index in [2.05, 4.69) is 5.32 Å². The predicted octanol–water partition coefficient (Wildman–Crippen LogP) is 1.46. The van der Waals surface area contributed by atoms with Crippen molar-refractivity contribution in [2.45, 2.75) is 25.3 Å². The largest absolute Gasteiger partial charge is 0.480 e. The summed E-state index contributed by atoms with van der Waals surface area (Å²) in [6, 6.07) is 0.957. The number of carbonyl (C=O) groups excluding carboxylic acids is 1. The van der Waals surface area contributed by atoms with Gasteiger partial charge >= 0.3 is 5.97 Å². The second-order valence-corrected chi connectivity index (χ2v) is 4.74. The molecule has 1 heterocycles. The van der Waals surface area contributed by atoms with Crippen LogP contribution in [-0.4, -0.2) is 36.7 Å². The van der Waals surface area contributed by atoms with Crippen molar-refractivity contribution in [2.75, 3.05) is 13.7 Å². The number of rotatable bonds is 7. The molecule has 0 aliphatic heterocycles. The van der Waals surface area contributed by atoms with E-state index in [1.165, 1.54) is 18.4 Å². The van der Waals surface area contributed by atoms with Crippen LogP contribution in [0.15, 0.2) is 16.8 Å². The van der Waals surface area contributed by atoms with E-state index in [0.29, 0.717) is 6.61 Å². The average molecular weight is 271 g/mol. The van der Waals surface area contributed by atoms with Crippen molar-refractivity contribution in [3.05, 3.63) is 22.4 Å². The zero-order valence-electron chi connectivity index (χ0n) is 10.4. The number of amides is 1. The number of carboxylic acid groups (broad SMARTS) is 1. The van der Waals surface area contributed by atoms with Gasteiger partial charge in [-0.05, 0) is 29.3 Å². The van der Waals surface area contributed by atoms with Gasteiger partial charge in [0.15, 0.2) is 0 Å². The summed E-state index contributed by atoms with van der Waals surface area (Å²) in [5.41, 5.74) is 0.897. The van der Waals surface area contributed by atoms with Crippen molar-refractivity contribution in [1.29, 1.82) is 0 Å². The molecule has 1 aromatic rings. The number of thiophene rings is 1. The molecule has 0 aliphatic carbocycles. The lowest BCUT2D eigenvalue weighted by molar-refractivity contribution is -0.142. The Morgan fingerprint density at radius 3 is 2.78 bits per heavy atom. The van der Waals surface area contributed by atoms with Crippen LogP contribution in [0.25, 0.3) is 0 Å². The highest BCUT2D eigenvalue weighted by molar-refractivity contribution is 7.08. The van der Waals surface area contributed by atoms with Gasteiger partial charge in [-0.2, -0.15) is 11.3 Å². The van der Waals surface area contributed by atoms with Crippen molar-refractivity contribution in [1.82, 2.24) is 5.32 Å². The Bertz CT molecular complexity index is 391. The van der Waals surface area contributed by atoms with E-state index in [0.717, 1.165) is 5.56 Å². The molecule has 6 heteroatoms. The van der Waals surface area contributed by atoms with Gasteiger partial charge < -0.3 is 15.2 Å². The predicted molar refractivity (Wildman–Crippen MR) is 68.8 cm³/mol. The average Bonchev–Trinajstić information content (AvgIpc) is 2.86. The first-order valence-electron chi connectivity index (χ1n) is 5.60. The Kier molecular flexibility index (Phi) is 5.80. The highest BCUT2D eigenvalue weighted by Gasteiger charge is 2.23. The first-order chi connectivity index (χ1) is 8.56. The molecule has 100 valence electrons. The minimum atomic E-state index is -1.04. The van der Waals surface area contributed by atoms with Crippen LogP contribution < -0.4 is 5.32 Å². The van der Waals surface area contributed by atoms with Gasteiger partial charge in [-0.3, -0.25) is 4.79 Å². The molecule has 1 aromatic heterocycles. The summed E-state index contributed by atoms with van der Waals surface area (Å²) in [5.74, 6) is -1.67. The number of ether oxygens (including phenoxy) is 1. The maximum atomic E-state index is 11.9. The molecule has 0 saturated heterocycles. The van der Waals surface area contributed by atoms with Crippen LogP contribution in [-0.2, 0) is 14.3 Å². The monoisotopic (exact) mass is 271 g/mol. The number of carbonyl (C=O) groups is 2. The van der Waals surface area contributed by atoms with E-state index < -0.39 is 12.0 Å². The Labute approximate surface area is 110 Å². The highest BCUT2D eigenvalue weighted by Crippen LogP contribution is 2.18. The molecule has 2 unspecified atom stereocenters. The molecule has 0 bridgehead atoms. The van der Waals surface area contributed by atoms with E-state index in [1.54, 1.807) is 6.92 Å². The van der Waals surface area contributed by atoms with Crippen molar-refractivity contribution in [3.8, 4) is 0 Å². The van der Waals surface area contributed by atoms with Gasteiger partial charge in [-0.25, -0.2) is 4.79 Å². The van der Waals surface area contributed by atoms with Gasteiger partial charge in [0.25, 0.3) is 0 Å². The molecule has 2 atom stereocenters. The number of hydrogen-bond donors (Lipinski definition) is 2. The van der Waals surface area contributed by atoms with Crippen LogP contribution in [0.5, 0.6) is 0 Å². The minimum Gasteiger partial charge on any atom is -0.480 e. The maximum absolute atomic E-state index is 11.9. The zero-order valence-corrected chi connectivity index (χ0v) is 11.2. The Hall–Kier alpha value is -1.40. The lowest BCUT2D eigenvalue weighted by Gasteiger charge is -2.17. The number of nitrogens with one attached hydrogen (secondary N) is 1. The fourth-order valence-electron chi connectivity index (χ4n) is 1.46. The third-order valence-electron chi connectivity index (χ3n) is 2.66. The van der Waals surface area contributed by atoms with Crippen LogP contribution in [0, 0.1) is 0 Å². The summed E-state index contributed by atoms with van der Waals surface area (Å²) < 4.78 is 4.82. The quantitative estimate of drug-likeness (QED) is 0.787. The van der Waals surface area contributed by atoms with E-state index >= 15 is 0 Å². The first kappa shape index (κ1) is 14.7. The Morgan fingerprint density at radius 1 is 1.56 bits per heavy atom. The number of carboxylic acids is 1. The summed E-state index contributed by atoms with van der Waals surface area (Å²) in [5, 5.41) is 15.3. The highest BCUT2D eigenvalue weighted by atomic mass is 32.1. The maximum Gasteiger partial charge on any atom is 0.326 e. The number of hydrogen-bond acceptors (Lipinski definition) is 4. The molecule has 5 nitrogen and oxygen atoms in total. The van der Waals surface area contributed by atoms with E-state index in [9.17, 15) is 9.59 Å². The third kappa shape index (κ3) is 4.12. The van der Waals surface area contributed by atoms with Gasteiger partial charge in [0, 0.05) is 20.1 Å². The van der Waals surface area contributed by atoms with Crippen LogP contribution in [0.3, 0.4) is 0 Å².